The zero-order chi connectivity index (χ0) is 10.2. The van der Waals surface area contributed by atoms with E-state index in [1.54, 1.807) is 0 Å². The van der Waals surface area contributed by atoms with Crippen LogP contribution in [0.25, 0.3) is 0 Å². The van der Waals surface area contributed by atoms with Gasteiger partial charge in [-0.1, -0.05) is 46.4 Å². The average Bonchev–Trinajstić information content (AvgIpc) is 2.01. The minimum absolute atomic E-state index is 0.157. The van der Waals surface area contributed by atoms with Crippen LogP contribution in [0.15, 0.2) is 20.1 Å². The van der Waals surface area contributed by atoms with E-state index >= 15 is 0 Å². The number of alkyl halides is 1. The Labute approximate surface area is 98.3 Å². The van der Waals surface area contributed by atoms with Crippen molar-refractivity contribution < 1.29 is 4.21 Å². The number of allylic oxidation sites excluding steroid dienone is 1. The lowest BCUT2D eigenvalue weighted by Crippen LogP contribution is -2.27. The van der Waals surface area contributed by atoms with Gasteiger partial charge < -0.3 is 5.32 Å². The highest BCUT2D eigenvalue weighted by molar-refractivity contribution is 7.88. The van der Waals surface area contributed by atoms with Gasteiger partial charge in [0.2, 0.25) is 0 Å². The van der Waals surface area contributed by atoms with Crippen LogP contribution in [0, 0.1) is 0 Å². The third-order valence-corrected chi connectivity index (χ3v) is 4.21. The topological polar surface area (TPSA) is 29.1 Å². The summed E-state index contributed by atoms with van der Waals surface area (Å²) in [5.41, 5.74) is -0.671. The number of hydrogen-bond acceptors (Lipinski definition) is 2. The van der Waals surface area contributed by atoms with Crippen molar-refractivity contribution in [3.8, 4) is 0 Å². The van der Waals surface area contributed by atoms with E-state index in [-0.39, 0.29) is 20.1 Å². The van der Waals surface area contributed by atoms with Crippen molar-refractivity contribution in [3.05, 3.63) is 20.1 Å². The standard InChI is InChI=1S/C6H5Cl4NOS/c1-13(12)4-2(7)5(9)11-6(10)3(4)8/h5,11H,1H3. The third-order valence-electron chi connectivity index (χ3n) is 1.37. The molecule has 0 bridgehead atoms. The Balaban J connectivity index is 3.24. The average molecular weight is 281 g/mol. The molecule has 74 valence electrons. The lowest BCUT2D eigenvalue weighted by atomic mass is 10.4. The summed E-state index contributed by atoms with van der Waals surface area (Å²) in [6, 6.07) is 0. The number of hydrogen-bond donors (Lipinski definition) is 1. The van der Waals surface area contributed by atoms with Crippen molar-refractivity contribution in [3.63, 3.8) is 0 Å². The van der Waals surface area contributed by atoms with Gasteiger partial charge in [-0.05, 0) is 0 Å². The molecule has 0 aromatic carbocycles. The van der Waals surface area contributed by atoms with Gasteiger partial charge in [-0.2, -0.15) is 0 Å². The Morgan fingerprint density at radius 1 is 1.38 bits per heavy atom. The summed E-state index contributed by atoms with van der Waals surface area (Å²) < 4.78 is 11.2. The summed E-state index contributed by atoms with van der Waals surface area (Å²) in [4.78, 5) is 0.284. The molecule has 0 aliphatic carbocycles. The molecule has 1 aliphatic rings. The number of rotatable bonds is 1. The zero-order valence-corrected chi connectivity index (χ0v) is 10.2. The van der Waals surface area contributed by atoms with Gasteiger partial charge in [0.1, 0.15) is 10.7 Å². The van der Waals surface area contributed by atoms with Crippen LogP contribution >= 0.6 is 46.4 Å². The smallest absolute Gasteiger partial charge is 0.140 e. The molecule has 0 fully saturated rings. The fourth-order valence-electron chi connectivity index (χ4n) is 0.821. The molecule has 0 radical (unpaired) electrons. The maximum absolute atomic E-state index is 11.2. The van der Waals surface area contributed by atoms with Gasteiger partial charge >= 0.3 is 0 Å². The van der Waals surface area contributed by atoms with Crippen LogP contribution in [-0.4, -0.2) is 16.0 Å². The monoisotopic (exact) mass is 279 g/mol. The molecule has 0 aromatic rings. The second-order valence-electron chi connectivity index (χ2n) is 2.27. The van der Waals surface area contributed by atoms with Crippen molar-refractivity contribution in [1.82, 2.24) is 5.32 Å². The molecule has 0 saturated carbocycles. The summed E-state index contributed by atoms with van der Waals surface area (Å²) in [6.07, 6.45) is 1.46. The van der Waals surface area contributed by atoms with Crippen molar-refractivity contribution in [2.24, 2.45) is 0 Å². The van der Waals surface area contributed by atoms with Crippen LogP contribution in [-0.2, 0) is 10.8 Å². The Morgan fingerprint density at radius 3 is 2.38 bits per heavy atom. The van der Waals surface area contributed by atoms with Crippen LogP contribution in [0.5, 0.6) is 0 Å². The van der Waals surface area contributed by atoms with Crippen LogP contribution in [0.2, 0.25) is 0 Å². The first-order valence-electron chi connectivity index (χ1n) is 3.14. The Kier molecular flexibility index (Phi) is 3.95. The van der Waals surface area contributed by atoms with Crippen molar-refractivity contribution >= 4 is 57.2 Å². The fraction of sp³-hybridized carbons (Fsp3) is 0.333. The molecule has 13 heavy (non-hydrogen) atoms. The second-order valence-corrected chi connectivity index (χ2v) is 5.18. The summed E-state index contributed by atoms with van der Waals surface area (Å²) in [7, 11) is -1.30. The van der Waals surface area contributed by atoms with E-state index in [4.69, 9.17) is 46.4 Å². The van der Waals surface area contributed by atoms with Gasteiger partial charge in [0, 0.05) is 6.26 Å². The van der Waals surface area contributed by atoms with Crippen molar-refractivity contribution in [2.45, 2.75) is 5.50 Å². The molecule has 0 saturated heterocycles. The molecule has 0 amide bonds. The van der Waals surface area contributed by atoms with Crippen LogP contribution < -0.4 is 5.32 Å². The normalized spacial score (nSPS) is 26.1. The molecule has 2 atom stereocenters. The molecule has 2 unspecified atom stereocenters. The molecule has 1 heterocycles. The van der Waals surface area contributed by atoms with Crippen LogP contribution in [0.1, 0.15) is 0 Å². The molecule has 1 N–H and O–H groups in total. The minimum atomic E-state index is -1.30. The van der Waals surface area contributed by atoms with Gasteiger partial charge in [-0.25, -0.2) is 0 Å². The van der Waals surface area contributed by atoms with E-state index < -0.39 is 16.3 Å². The van der Waals surface area contributed by atoms with Gasteiger partial charge in [-0.15, -0.1) is 0 Å². The summed E-state index contributed by atoms with van der Waals surface area (Å²) >= 11 is 23.0. The maximum Gasteiger partial charge on any atom is 0.140 e. The largest absolute Gasteiger partial charge is 0.354 e. The summed E-state index contributed by atoms with van der Waals surface area (Å²) in [6.45, 7) is 0. The Hall–Kier alpha value is 0.590. The number of halogens is 4. The second kappa shape index (κ2) is 4.41. The summed E-state index contributed by atoms with van der Waals surface area (Å²) in [5.74, 6) is 0. The van der Waals surface area contributed by atoms with E-state index in [0.717, 1.165) is 0 Å². The van der Waals surface area contributed by atoms with E-state index in [2.05, 4.69) is 5.32 Å². The Bertz CT molecular complexity index is 325. The molecule has 1 rings (SSSR count). The third kappa shape index (κ3) is 2.34. The van der Waals surface area contributed by atoms with Gasteiger partial charge in [0.25, 0.3) is 0 Å². The highest BCUT2D eigenvalue weighted by Gasteiger charge is 2.26. The summed E-state index contributed by atoms with van der Waals surface area (Å²) in [5, 5.41) is 3.16. The first-order chi connectivity index (χ1) is 5.95. The fourth-order valence-corrected chi connectivity index (χ4v) is 3.17. The molecule has 1 aliphatic heterocycles. The van der Waals surface area contributed by atoms with E-state index in [1.807, 2.05) is 0 Å². The SMILES string of the molecule is CS(=O)C1=C(Cl)C(Cl)NC(Cl)=C1Cl. The molecule has 0 aromatic heterocycles. The van der Waals surface area contributed by atoms with Crippen LogP contribution in [0.4, 0.5) is 0 Å². The predicted molar refractivity (Wildman–Crippen MR) is 58.5 cm³/mol. The zero-order valence-electron chi connectivity index (χ0n) is 6.41. The molecular formula is C6H5Cl4NOS. The molecule has 7 heteroatoms. The minimum Gasteiger partial charge on any atom is -0.354 e. The quantitative estimate of drug-likeness (QED) is 0.591. The van der Waals surface area contributed by atoms with Crippen molar-refractivity contribution in [1.29, 1.82) is 0 Å². The molecule has 2 nitrogen and oxygen atoms in total. The number of nitrogens with one attached hydrogen (secondary N) is 1. The van der Waals surface area contributed by atoms with E-state index in [0.29, 0.717) is 0 Å². The maximum atomic E-state index is 11.2. The van der Waals surface area contributed by atoms with E-state index in [1.165, 1.54) is 6.26 Å². The van der Waals surface area contributed by atoms with E-state index in [9.17, 15) is 4.21 Å². The first kappa shape index (κ1) is 11.7. The highest BCUT2D eigenvalue weighted by Crippen LogP contribution is 2.34. The van der Waals surface area contributed by atoms with Crippen LogP contribution in [0.3, 0.4) is 0 Å². The van der Waals surface area contributed by atoms with Gasteiger partial charge in [-0.3, -0.25) is 4.21 Å². The number of dihydropyridines is 1. The van der Waals surface area contributed by atoms with Crippen molar-refractivity contribution in [2.75, 3.05) is 6.26 Å². The van der Waals surface area contributed by atoms with Gasteiger partial charge in [0.05, 0.1) is 25.8 Å². The molecular weight excluding hydrogens is 276 g/mol. The lowest BCUT2D eigenvalue weighted by molar-refractivity contribution is 0.690. The molecule has 0 spiro atoms. The lowest BCUT2D eigenvalue weighted by Gasteiger charge is -2.21. The first-order valence-corrected chi connectivity index (χ1v) is 6.27. The highest BCUT2D eigenvalue weighted by atomic mass is 35.5. The predicted octanol–water partition coefficient (Wildman–Crippen LogP) is 2.63. The van der Waals surface area contributed by atoms with Gasteiger partial charge in [0.15, 0.2) is 0 Å². The Morgan fingerprint density at radius 2 is 1.92 bits per heavy atom.